The average molecular weight is 292 g/mol. The first-order valence-electron chi connectivity index (χ1n) is 7.47. The van der Waals surface area contributed by atoms with E-state index in [-0.39, 0.29) is 0 Å². The number of furan rings is 1. The molecule has 0 aliphatic heterocycles. The molecule has 1 aliphatic rings. The Morgan fingerprint density at radius 1 is 1.30 bits per heavy atom. The lowest BCUT2D eigenvalue weighted by atomic mass is 9.73. The highest BCUT2D eigenvalue weighted by Crippen LogP contribution is 2.36. The van der Waals surface area contributed by atoms with Gasteiger partial charge in [-0.25, -0.2) is 0 Å². The molecular weight excluding hydrogens is 270 g/mol. The van der Waals surface area contributed by atoms with Crippen molar-refractivity contribution in [2.24, 2.45) is 5.41 Å². The summed E-state index contributed by atoms with van der Waals surface area (Å²) in [6.45, 7) is 5.50. The standard InChI is InChI=1S/C17H22ClNO/c1-17(2)10-6-5-9-15(17)19-11-13-12-7-3-4-8-14(12)20-16(13)18/h3-4,7-8,15,19H,5-6,9-11H2,1-2H3. The quantitative estimate of drug-likeness (QED) is 0.846. The number of benzene rings is 1. The fourth-order valence-electron chi connectivity index (χ4n) is 3.33. The van der Waals surface area contributed by atoms with Crippen LogP contribution >= 0.6 is 11.6 Å². The van der Waals surface area contributed by atoms with E-state index in [0.717, 1.165) is 23.1 Å². The third-order valence-electron chi connectivity index (χ3n) is 4.68. The Kier molecular flexibility index (Phi) is 3.78. The molecule has 0 saturated heterocycles. The van der Waals surface area contributed by atoms with Crippen molar-refractivity contribution in [1.82, 2.24) is 5.32 Å². The second-order valence-corrected chi connectivity index (χ2v) is 6.86. The van der Waals surface area contributed by atoms with E-state index >= 15 is 0 Å². The number of fused-ring (bicyclic) bond motifs is 1. The van der Waals surface area contributed by atoms with Gasteiger partial charge in [0, 0.05) is 23.5 Å². The minimum Gasteiger partial charge on any atom is -0.444 e. The van der Waals surface area contributed by atoms with Crippen molar-refractivity contribution in [3.05, 3.63) is 35.0 Å². The fourth-order valence-corrected chi connectivity index (χ4v) is 3.58. The highest BCUT2D eigenvalue weighted by molar-refractivity contribution is 6.30. The van der Waals surface area contributed by atoms with Gasteiger partial charge in [-0.05, 0) is 35.9 Å². The highest BCUT2D eigenvalue weighted by Gasteiger charge is 2.31. The maximum atomic E-state index is 6.25. The molecule has 2 aromatic rings. The normalized spacial score (nSPS) is 22.2. The second kappa shape index (κ2) is 5.42. The minimum absolute atomic E-state index is 0.365. The number of halogens is 1. The monoisotopic (exact) mass is 291 g/mol. The van der Waals surface area contributed by atoms with Crippen molar-refractivity contribution in [3.63, 3.8) is 0 Å². The summed E-state index contributed by atoms with van der Waals surface area (Å²) in [5.74, 6) is 0. The largest absolute Gasteiger partial charge is 0.444 e. The van der Waals surface area contributed by atoms with Crippen LogP contribution in [0, 0.1) is 5.41 Å². The maximum absolute atomic E-state index is 6.25. The Hall–Kier alpha value is -0.990. The third-order valence-corrected chi connectivity index (χ3v) is 4.99. The van der Waals surface area contributed by atoms with E-state index in [2.05, 4.69) is 25.2 Å². The first-order chi connectivity index (χ1) is 9.58. The van der Waals surface area contributed by atoms with Crippen molar-refractivity contribution in [2.75, 3.05) is 0 Å². The molecule has 1 unspecified atom stereocenters. The van der Waals surface area contributed by atoms with Gasteiger partial charge in [0.2, 0.25) is 0 Å². The van der Waals surface area contributed by atoms with E-state index in [1.165, 1.54) is 25.7 Å². The van der Waals surface area contributed by atoms with Gasteiger partial charge in [0.15, 0.2) is 5.22 Å². The number of hydrogen-bond acceptors (Lipinski definition) is 2. The Balaban J connectivity index is 1.78. The molecule has 1 heterocycles. The summed E-state index contributed by atoms with van der Waals surface area (Å²) in [6.07, 6.45) is 5.21. The Labute approximate surface area is 125 Å². The van der Waals surface area contributed by atoms with Crippen LogP contribution in [0.5, 0.6) is 0 Å². The van der Waals surface area contributed by atoms with E-state index in [9.17, 15) is 0 Å². The maximum Gasteiger partial charge on any atom is 0.199 e. The Morgan fingerprint density at radius 2 is 2.10 bits per heavy atom. The van der Waals surface area contributed by atoms with Crippen molar-refractivity contribution >= 4 is 22.6 Å². The van der Waals surface area contributed by atoms with Gasteiger partial charge in [0.1, 0.15) is 5.58 Å². The second-order valence-electron chi connectivity index (χ2n) is 6.52. The predicted octanol–water partition coefficient (Wildman–Crippen LogP) is 5.14. The number of para-hydroxylation sites is 1. The topological polar surface area (TPSA) is 25.2 Å². The molecule has 0 radical (unpaired) electrons. The summed E-state index contributed by atoms with van der Waals surface area (Å²) in [4.78, 5) is 0. The Bertz CT molecular complexity index is 602. The van der Waals surface area contributed by atoms with Gasteiger partial charge in [-0.3, -0.25) is 0 Å². The molecule has 1 saturated carbocycles. The number of nitrogens with one attached hydrogen (secondary N) is 1. The van der Waals surface area contributed by atoms with Gasteiger partial charge in [-0.2, -0.15) is 0 Å². The zero-order chi connectivity index (χ0) is 14.2. The molecule has 1 aliphatic carbocycles. The van der Waals surface area contributed by atoms with Crippen LogP contribution in [0.25, 0.3) is 11.0 Å². The van der Waals surface area contributed by atoms with Gasteiger partial charge in [-0.15, -0.1) is 0 Å². The first kappa shape index (κ1) is 14.0. The third kappa shape index (κ3) is 2.59. The van der Waals surface area contributed by atoms with Crippen LogP contribution in [0.15, 0.2) is 28.7 Å². The van der Waals surface area contributed by atoms with E-state index in [1.54, 1.807) is 0 Å². The van der Waals surface area contributed by atoms with E-state index in [1.807, 2.05) is 18.2 Å². The molecule has 20 heavy (non-hydrogen) atoms. The molecule has 2 nitrogen and oxygen atoms in total. The summed E-state index contributed by atoms with van der Waals surface area (Å²) in [5.41, 5.74) is 2.32. The van der Waals surface area contributed by atoms with E-state index in [4.69, 9.17) is 16.0 Å². The molecular formula is C17H22ClNO. The van der Waals surface area contributed by atoms with Crippen molar-refractivity contribution in [1.29, 1.82) is 0 Å². The lowest BCUT2D eigenvalue weighted by molar-refractivity contribution is 0.167. The van der Waals surface area contributed by atoms with Crippen molar-refractivity contribution < 1.29 is 4.42 Å². The first-order valence-corrected chi connectivity index (χ1v) is 7.85. The molecule has 1 aromatic heterocycles. The van der Waals surface area contributed by atoms with Gasteiger partial charge in [0.05, 0.1) is 0 Å². The molecule has 3 heteroatoms. The van der Waals surface area contributed by atoms with Crippen LogP contribution < -0.4 is 5.32 Å². The van der Waals surface area contributed by atoms with Gasteiger partial charge in [0.25, 0.3) is 0 Å². The average Bonchev–Trinajstić information content (AvgIpc) is 2.73. The van der Waals surface area contributed by atoms with Crippen LogP contribution in [-0.4, -0.2) is 6.04 Å². The number of rotatable bonds is 3. The van der Waals surface area contributed by atoms with Crippen LogP contribution in [0.4, 0.5) is 0 Å². The zero-order valence-corrected chi connectivity index (χ0v) is 13.0. The lowest BCUT2D eigenvalue weighted by Gasteiger charge is -2.39. The van der Waals surface area contributed by atoms with Crippen molar-refractivity contribution in [3.8, 4) is 0 Å². The van der Waals surface area contributed by atoms with Crippen molar-refractivity contribution in [2.45, 2.75) is 52.1 Å². The van der Waals surface area contributed by atoms with Gasteiger partial charge < -0.3 is 9.73 Å². The molecule has 0 spiro atoms. The van der Waals surface area contributed by atoms with Crippen LogP contribution in [0.1, 0.15) is 45.1 Å². The predicted molar refractivity (Wildman–Crippen MR) is 84.1 cm³/mol. The fraction of sp³-hybridized carbons (Fsp3) is 0.529. The van der Waals surface area contributed by atoms with Gasteiger partial charge >= 0.3 is 0 Å². The summed E-state index contributed by atoms with van der Waals surface area (Å²) >= 11 is 6.25. The summed E-state index contributed by atoms with van der Waals surface area (Å²) in [5, 5.41) is 5.35. The molecule has 0 amide bonds. The van der Waals surface area contributed by atoms with Crippen LogP contribution in [-0.2, 0) is 6.54 Å². The SMILES string of the molecule is CC1(C)CCCCC1NCc1c(Cl)oc2ccccc12. The molecule has 108 valence electrons. The summed E-state index contributed by atoms with van der Waals surface area (Å²) < 4.78 is 5.62. The molecule has 1 fully saturated rings. The highest BCUT2D eigenvalue weighted by atomic mass is 35.5. The summed E-state index contributed by atoms with van der Waals surface area (Å²) in [7, 11) is 0. The molecule has 1 aromatic carbocycles. The van der Waals surface area contributed by atoms with Crippen LogP contribution in [0.2, 0.25) is 5.22 Å². The molecule has 1 atom stereocenters. The molecule has 1 N–H and O–H groups in total. The van der Waals surface area contributed by atoms with E-state index in [0.29, 0.717) is 16.7 Å². The lowest BCUT2D eigenvalue weighted by Crippen LogP contribution is -2.43. The minimum atomic E-state index is 0.365. The van der Waals surface area contributed by atoms with Gasteiger partial charge in [-0.1, -0.05) is 44.9 Å². The van der Waals surface area contributed by atoms with E-state index < -0.39 is 0 Å². The number of hydrogen-bond donors (Lipinski definition) is 1. The molecule has 3 rings (SSSR count). The summed E-state index contributed by atoms with van der Waals surface area (Å²) in [6, 6.07) is 8.61. The Morgan fingerprint density at radius 3 is 2.90 bits per heavy atom. The smallest absolute Gasteiger partial charge is 0.199 e. The van der Waals surface area contributed by atoms with Crippen LogP contribution in [0.3, 0.4) is 0 Å². The zero-order valence-electron chi connectivity index (χ0n) is 12.2. The molecule has 0 bridgehead atoms.